The average molecular weight is 306 g/mol. The third-order valence-electron chi connectivity index (χ3n) is 3.58. The number of carbonyl (C=O) groups excluding carboxylic acids is 1. The second-order valence-corrected chi connectivity index (χ2v) is 5.87. The zero-order chi connectivity index (χ0) is 15.1. The first-order valence-corrected chi connectivity index (χ1v) is 7.84. The zero-order valence-corrected chi connectivity index (χ0v) is 13.2. The van der Waals surface area contributed by atoms with E-state index in [1.165, 1.54) is 19.3 Å². The summed E-state index contributed by atoms with van der Waals surface area (Å²) in [5.41, 5.74) is 1.16. The summed E-state index contributed by atoms with van der Waals surface area (Å²) in [4.78, 5) is 11.8. The third kappa shape index (κ3) is 5.71. The molecular weight excluding hydrogens is 284 g/mol. The van der Waals surface area contributed by atoms with Gasteiger partial charge in [0.25, 0.3) is 5.91 Å². The normalized spacial score (nSPS) is 15.3. The highest BCUT2D eigenvalue weighted by Gasteiger charge is 2.15. The monoisotopic (exact) mass is 306 g/mol. The molecule has 0 spiro atoms. The minimum atomic E-state index is -0.233. The number of ether oxygens (including phenoxy) is 1. The van der Waals surface area contributed by atoms with E-state index in [4.69, 9.17) is 17.0 Å². The molecule has 1 amide bonds. The highest BCUT2D eigenvalue weighted by molar-refractivity contribution is 7.80. The standard InChI is InChI=1S/C16H22N2O2S/c1-12-7-9-14(10-8-12)20-11-15(19)18-16(21)17-13-5-3-2-4-6-13/h7-10,13H,2-6,11H2,1H3,(H2,17,18,19,21). The van der Waals surface area contributed by atoms with Gasteiger partial charge in [-0.15, -0.1) is 0 Å². The van der Waals surface area contributed by atoms with Crippen molar-refractivity contribution in [2.24, 2.45) is 0 Å². The lowest BCUT2D eigenvalue weighted by Crippen LogP contribution is -2.46. The number of aryl methyl sites for hydroxylation is 1. The van der Waals surface area contributed by atoms with Crippen LogP contribution >= 0.6 is 12.2 Å². The molecule has 0 atom stereocenters. The summed E-state index contributed by atoms with van der Waals surface area (Å²) in [6.07, 6.45) is 5.99. The molecule has 0 saturated heterocycles. The molecule has 114 valence electrons. The van der Waals surface area contributed by atoms with Crippen molar-refractivity contribution in [3.8, 4) is 5.75 Å². The molecule has 0 heterocycles. The van der Waals surface area contributed by atoms with Crippen LogP contribution in [-0.4, -0.2) is 23.7 Å². The lowest BCUT2D eigenvalue weighted by atomic mass is 9.96. The van der Waals surface area contributed by atoms with Gasteiger partial charge in [-0.2, -0.15) is 0 Å². The molecule has 0 unspecified atom stereocenters. The first kappa shape index (κ1) is 15.8. The minimum Gasteiger partial charge on any atom is -0.484 e. The maximum absolute atomic E-state index is 11.8. The van der Waals surface area contributed by atoms with Crippen molar-refractivity contribution in [3.05, 3.63) is 29.8 Å². The van der Waals surface area contributed by atoms with Crippen LogP contribution in [0.15, 0.2) is 24.3 Å². The lowest BCUT2D eigenvalue weighted by Gasteiger charge is -2.24. The van der Waals surface area contributed by atoms with Crippen molar-refractivity contribution in [3.63, 3.8) is 0 Å². The van der Waals surface area contributed by atoms with Crippen molar-refractivity contribution in [1.29, 1.82) is 0 Å². The first-order chi connectivity index (χ1) is 10.1. The van der Waals surface area contributed by atoms with Crippen molar-refractivity contribution in [1.82, 2.24) is 10.6 Å². The molecule has 0 aliphatic heterocycles. The van der Waals surface area contributed by atoms with Crippen LogP contribution in [0.25, 0.3) is 0 Å². The Labute approximate surface area is 131 Å². The van der Waals surface area contributed by atoms with Crippen LogP contribution in [0.3, 0.4) is 0 Å². The molecule has 1 aromatic carbocycles. The first-order valence-electron chi connectivity index (χ1n) is 7.43. The maximum atomic E-state index is 11.8. The highest BCUT2D eigenvalue weighted by Crippen LogP contribution is 2.17. The summed E-state index contributed by atoms with van der Waals surface area (Å²) in [6, 6.07) is 7.98. The Morgan fingerprint density at radius 1 is 1.24 bits per heavy atom. The fourth-order valence-corrected chi connectivity index (χ4v) is 2.69. The molecule has 5 heteroatoms. The van der Waals surface area contributed by atoms with Crippen LogP contribution in [0.2, 0.25) is 0 Å². The molecule has 0 aromatic heterocycles. The predicted octanol–water partition coefficient (Wildman–Crippen LogP) is 2.70. The molecule has 21 heavy (non-hydrogen) atoms. The fraction of sp³-hybridized carbons (Fsp3) is 0.500. The molecule has 1 fully saturated rings. The van der Waals surface area contributed by atoms with Gasteiger partial charge in [-0.25, -0.2) is 0 Å². The Hall–Kier alpha value is -1.62. The molecule has 1 aliphatic carbocycles. The van der Waals surface area contributed by atoms with E-state index < -0.39 is 0 Å². The molecule has 1 aromatic rings. The summed E-state index contributed by atoms with van der Waals surface area (Å²) in [6.45, 7) is 1.97. The van der Waals surface area contributed by atoms with Crippen molar-refractivity contribution < 1.29 is 9.53 Å². The van der Waals surface area contributed by atoms with Crippen LogP contribution < -0.4 is 15.4 Å². The molecule has 1 aliphatic rings. The fourth-order valence-electron chi connectivity index (χ4n) is 2.41. The van der Waals surface area contributed by atoms with Crippen LogP contribution in [0.4, 0.5) is 0 Å². The number of nitrogens with one attached hydrogen (secondary N) is 2. The smallest absolute Gasteiger partial charge is 0.264 e. The largest absolute Gasteiger partial charge is 0.484 e. The second kappa shape index (κ2) is 7.98. The third-order valence-corrected chi connectivity index (χ3v) is 3.80. The molecular formula is C16H22N2O2S. The van der Waals surface area contributed by atoms with Gasteiger partial charge in [0.2, 0.25) is 0 Å². The van der Waals surface area contributed by atoms with E-state index in [1.807, 2.05) is 31.2 Å². The summed E-state index contributed by atoms with van der Waals surface area (Å²) >= 11 is 5.16. The quantitative estimate of drug-likeness (QED) is 0.840. The Morgan fingerprint density at radius 3 is 2.57 bits per heavy atom. The van der Waals surface area contributed by atoms with Gasteiger partial charge in [-0.3, -0.25) is 4.79 Å². The number of rotatable bonds is 4. The molecule has 2 N–H and O–H groups in total. The molecule has 4 nitrogen and oxygen atoms in total. The van der Waals surface area contributed by atoms with E-state index in [9.17, 15) is 4.79 Å². The van der Waals surface area contributed by atoms with Crippen molar-refractivity contribution in [2.45, 2.75) is 45.1 Å². The van der Waals surface area contributed by atoms with Crippen molar-refractivity contribution >= 4 is 23.2 Å². The molecule has 0 bridgehead atoms. The van der Waals surface area contributed by atoms with E-state index >= 15 is 0 Å². The number of carbonyl (C=O) groups is 1. The number of thiocarbonyl (C=S) groups is 1. The number of hydrogen-bond acceptors (Lipinski definition) is 3. The second-order valence-electron chi connectivity index (χ2n) is 5.46. The SMILES string of the molecule is Cc1ccc(OCC(=O)NC(=S)NC2CCCCC2)cc1. The van der Waals surface area contributed by atoms with Gasteiger partial charge in [0.05, 0.1) is 0 Å². The number of benzene rings is 1. The Balaban J connectivity index is 1.68. The van der Waals surface area contributed by atoms with Gasteiger partial charge >= 0.3 is 0 Å². The average Bonchev–Trinajstić information content (AvgIpc) is 2.47. The predicted molar refractivity (Wildman–Crippen MR) is 87.4 cm³/mol. The van der Waals surface area contributed by atoms with Crippen LogP contribution in [0.5, 0.6) is 5.75 Å². The lowest BCUT2D eigenvalue weighted by molar-refractivity contribution is -0.121. The molecule has 1 saturated carbocycles. The van der Waals surface area contributed by atoms with Crippen LogP contribution in [-0.2, 0) is 4.79 Å². The van der Waals surface area contributed by atoms with Crippen LogP contribution in [0.1, 0.15) is 37.7 Å². The maximum Gasteiger partial charge on any atom is 0.264 e. The number of hydrogen-bond donors (Lipinski definition) is 2. The zero-order valence-electron chi connectivity index (χ0n) is 12.4. The Morgan fingerprint density at radius 2 is 1.90 bits per heavy atom. The topological polar surface area (TPSA) is 50.4 Å². The summed E-state index contributed by atoms with van der Waals surface area (Å²) in [7, 11) is 0. The Bertz CT molecular complexity index is 482. The summed E-state index contributed by atoms with van der Waals surface area (Å²) in [5.74, 6) is 0.450. The van der Waals surface area contributed by atoms with E-state index in [2.05, 4.69) is 10.6 Å². The van der Waals surface area contributed by atoms with E-state index in [-0.39, 0.29) is 12.5 Å². The molecule has 2 rings (SSSR count). The van der Waals surface area contributed by atoms with Crippen molar-refractivity contribution in [2.75, 3.05) is 6.61 Å². The van der Waals surface area contributed by atoms with Gasteiger partial charge in [0, 0.05) is 6.04 Å². The summed E-state index contributed by atoms with van der Waals surface area (Å²) < 4.78 is 5.41. The Kier molecular flexibility index (Phi) is 5.99. The van der Waals surface area contributed by atoms with E-state index in [0.29, 0.717) is 16.9 Å². The van der Waals surface area contributed by atoms with E-state index in [1.54, 1.807) is 0 Å². The van der Waals surface area contributed by atoms with Gasteiger partial charge in [-0.05, 0) is 44.1 Å². The van der Waals surface area contributed by atoms with E-state index in [0.717, 1.165) is 18.4 Å². The minimum absolute atomic E-state index is 0.0322. The number of amides is 1. The van der Waals surface area contributed by atoms with Gasteiger partial charge in [0.1, 0.15) is 5.75 Å². The summed E-state index contributed by atoms with van der Waals surface area (Å²) in [5, 5.41) is 6.27. The van der Waals surface area contributed by atoms with Gasteiger partial charge in [-0.1, -0.05) is 37.0 Å². The highest BCUT2D eigenvalue weighted by atomic mass is 32.1. The molecule has 0 radical (unpaired) electrons. The van der Waals surface area contributed by atoms with Gasteiger partial charge in [0.15, 0.2) is 11.7 Å². The van der Waals surface area contributed by atoms with Crippen LogP contribution in [0, 0.1) is 6.92 Å². The van der Waals surface area contributed by atoms with Gasteiger partial charge < -0.3 is 15.4 Å².